The van der Waals surface area contributed by atoms with E-state index in [1.165, 1.54) is 0 Å². The molecule has 1 fully saturated rings. The minimum Gasteiger partial charge on any atom is -0.383 e. The van der Waals surface area contributed by atoms with Gasteiger partial charge in [0.1, 0.15) is 0 Å². The summed E-state index contributed by atoms with van der Waals surface area (Å²) in [6, 6.07) is 7.67. The normalized spacial score (nSPS) is 15.8. The van der Waals surface area contributed by atoms with Crippen LogP contribution in [0.1, 0.15) is 38.7 Å². The Morgan fingerprint density at radius 2 is 2.16 bits per heavy atom. The van der Waals surface area contributed by atoms with Crippen LogP contribution in [-0.2, 0) is 4.74 Å². The highest BCUT2D eigenvalue weighted by molar-refractivity contribution is 5.98. The quantitative estimate of drug-likeness (QED) is 0.550. The lowest BCUT2D eigenvalue weighted by Gasteiger charge is -2.19. The molecule has 0 radical (unpaired) electrons. The fourth-order valence-electron chi connectivity index (χ4n) is 3.98. The molecule has 3 aromatic rings. The first-order valence-corrected chi connectivity index (χ1v) is 10.7. The molecule has 9 nitrogen and oxygen atoms in total. The van der Waals surface area contributed by atoms with Crippen LogP contribution in [0.15, 0.2) is 36.7 Å². The molecule has 1 saturated heterocycles. The number of aromatic amines is 1. The van der Waals surface area contributed by atoms with E-state index < -0.39 is 0 Å². The predicted molar refractivity (Wildman–Crippen MR) is 122 cm³/mol. The van der Waals surface area contributed by atoms with Gasteiger partial charge >= 0.3 is 0 Å². The van der Waals surface area contributed by atoms with Crippen LogP contribution < -0.4 is 10.2 Å². The largest absolute Gasteiger partial charge is 0.383 e. The zero-order chi connectivity index (χ0) is 22.7. The van der Waals surface area contributed by atoms with Crippen LogP contribution in [0.3, 0.4) is 0 Å². The third-order valence-electron chi connectivity index (χ3n) is 5.71. The monoisotopic (exact) mass is 436 g/mol. The number of carbonyl (C=O) groups is 2. The van der Waals surface area contributed by atoms with Crippen molar-refractivity contribution in [3.8, 4) is 0 Å². The van der Waals surface area contributed by atoms with Crippen LogP contribution in [0.25, 0.3) is 10.9 Å². The maximum absolute atomic E-state index is 13.1. The molecule has 3 heterocycles. The summed E-state index contributed by atoms with van der Waals surface area (Å²) >= 11 is 0. The second kappa shape index (κ2) is 9.35. The summed E-state index contributed by atoms with van der Waals surface area (Å²) in [6.07, 6.45) is 4.17. The van der Waals surface area contributed by atoms with Crippen LogP contribution in [0.2, 0.25) is 0 Å². The third-order valence-corrected chi connectivity index (χ3v) is 5.71. The van der Waals surface area contributed by atoms with Crippen molar-refractivity contribution in [2.45, 2.75) is 12.3 Å². The number of rotatable bonds is 7. The van der Waals surface area contributed by atoms with Crippen LogP contribution in [0.4, 0.5) is 5.95 Å². The van der Waals surface area contributed by atoms with Crippen molar-refractivity contribution in [2.75, 3.05) is 52.3 Å². The first-order chi connectivity index (χ1) is 15.5. The minimum absolute atomic E-state index is 0.0167. The van der Waals surface area contributed by atoms with Crippen molar-refractivity contribution in [3.05, 3.63) is 53.5 Å². The number of nitrogens with zero attached hydrogens (tertiary/aromatic N) is 4. The van der Waals surface area contributed by atoms with Gasteiger partial charge in [-0.15, -0.1) is 0 Å². The van der Waals surface area contributed by atoms with Crippen molar-refractivity contribution >= 4 is 28.7 Å². The van der Waals surface area contributed by atoms with Gasteiger partial charge in [0.25, 0.3) is 11.8 Å². The van der Waals surface area contributed by atoms with Crippen molar-refractivity contribution < 1.29 is 14.3 Å². The number of methoxy groups -OCH3 is 1. The van der Waals surface area contributed by atoms with Gasteiger partial charge < -0.3 is 24.8 Å². The fourth-order valence-corrected chi connectivity index (χ4v) is 3.98. The van der Waals surface area contributed by atoms with E-state index in [-0.39, 0.29) is 17.7 Å². The Labute approximate surface area is 186 Å². The molecule has 0 spiro atoms. The molecule has 2 aromatic heterocycles. The number of nitrogens with one attached hydrogen (secondary N) is 2. The summed E-state index contributed by atoms with van der Waals surface area (Å²) in [4.78, 5) is 41.7. The molecule has 4 rings (SSSR count). The average Bonchev–Trinajstić information content (AvgIpc) is 3.47. The zero-order valence-corrected chi connectivity index (χ0v) is 18.6. The second-order valence-corrected chi connectivity index (χ2v) is 8.13. The first kappa shape index (κ1) is 21.8. The molecule has 9 heteroatoms. The van der Waals surface area contributed by atoms with E-state index in [0.717, 1.165) is 17.3 Å². The van der Waals surface area contributed by atoms with E-state index in [2.05, 4.69) is 20.3 Å². The predicted octanol–water partition coefficient (Wildman–Crippen LogP) is 2.03. The van der Waals surface area contributed by atoms with Gasteiger partial charge in [-0.05, 0) is 30.0 Å². The van der Waals surface area contributed by atoms with Gasteiger partial charge in [0.15, 0.2) is 0 Å². The number of fused-ring (bicyclic) bond motifs is 1. The number of hydrogen-bond acceptors (Lipinski definition) is 6. The second-order valence-electron chi connectivity index (χ2n) is 8.13. The van der Waals surface area contributed by atoms with E-state index in [4.69, 9.17) is 4.74 Å². The lowest BCUT2D eigenvalue weighted by molar-refractivity contribution is 0.0790. The van der Waals surface area contributed by atoms with Gasteiger partial charge in [-0.1, -0.05) is 6.07 Å². The summed E-state index contributed by atoms with van der Waals surface area (Å²) < 4.78 is 5.01. The highest BCUT2D eigenvalue weighted by atomic mass is 16.5. The van der Waals surface area contributed by atoms with Crippen LogP contribution in [0, 0.1) is 0 Å². The number of likely N-dealkylation sites (tertiary alicyclic amines) is 1. The topological polar surface area (TPSA) is 103 Å². The Morgan fingerprint density at radius 1 is 1.31 bits per heavy atom. The summed E-state index contributed by atoms with van der Waals surface area (Å²) in [5.41, 5.74) is 2.70. The standard InChI is InChI=1S/C23H28N6O3/c1-28(2)23-26-13-18(21(30)25-9-11-32-3)20(27-23)17-7-10-29(14-17)22(31)16-5-4-15-6-8-24-19(15)12-16/h4-6,8,12-13,17,24H,7,9-11,14H2,1-3H3,(H,25,30). The van der Waals surface area contributed by atoms with Crippen LogP contribution >= 0.6 is 0 Å². The molecule has 1 aliphatic rings. The summed E-state index contributed by atoms with van der Waals surface area (Å²) in [5.74, 6) is 0.245. The molecule has 0 aliphatic carbocycles. The van der Waals surface area contributed by atoms with E-state index in [1.54, 1.807) is 18.2 Å². The maximum Gasteiger partial charge on any atom is 0.254 e. The summed E-state index contributed by atoms with van der Waals surface area (Å²) in [6.45, 7) is 1.94. The molecule has 2 amide bonds. The zero-order valence-electron chi connectivity index (χ0n) is 18.6. The SMILES string of the molecule is COCCNC(=O)c1cnc(N(C)C)nc1C1CCN(C(=O)c2ccc3cc[nH]c3c2)C1. The maximum atomic E-state index is 13.1. The van der Waals surface area contributed by atoms with Crippen LogP contribution in [0.5, 0.6) is 0 Å². The van der Waals surface area contributed by atoms with Gasteiger partial charge in [0, 0.05) is 70.2 Å². The number of H-pyrrole nitrogens is 1. The number of carbonyl (C=O) groups excluding carboxylic acids is 2. The molecule has 1 atom stereocenters. The molecular formula is C23H28N6O3. The molecule has 0 saturated carbocycles. The Bertz CT molecular complexity index is 1130. The van der Waals surface area contributed by atoms with E-state index in [1.807, 2.05) is 49.5 Å². The molecule has 0 bridgehead atoms. The van der Waals surface area contributed by atoms with Gasteiger partial charge in [-0.2, -0.15) is 0 Å². The van der Waals surface area contributed by atoms with Gasteiger partial charge in [0.2, 0.25) is 5.95 Å². The van der Waals surface area contributed by atoms with E-state index >= 15 is 0 Å². The highest BCUT2D eigenvalue weighted by Gasteiger charge is 2.32. The lowest BCUT2D eigenvalue weighted by atomic mass is 9.99. The number of amides is 2. The highest BCUT2D eigenvalue weighted by Crippen LogP contribution is 2.30. The number of ether oxygens (including phenoxy) is 1. The average molecular weight is 437 g/mol. The van der Waals surface area contributed by atoms with Crippen molar-refractivity contribution in [2.24, 2.45) is 0 Å². The molecule has 2 N–H and O–H groups in total. The van der Waals surface area contributed by atoms with Crippen LogP contribution in [-0.4, -0.2) is 79.1 Å². The van der Waals surface area contributed by atoms with Crippen molar-refractivity contribution in [1.29, 1.82) is 0 Å². The molecule has 32 heavy (non-hydrogen) atoms. The molecule has 1 aliphatic heterocycles. The number of anilines is 1. The summed E-state index contributed by atoms with van der Waals surface area (Å²) in [7, 11) is 5.31. The molecule has 1 unspecified atom stereocenters. The van der Waals surface area contributed by atoms with Gasteiger partial charge in [0.05, 0.1) is 17.9 Å². The Hall–Kier alpha value is -3.46. The number of benzene rings is 1. The number of aromatic nitrogens is 3. The minimum atomic E-state index is -0.232. The first-order valence-electron chi connectivity index (χ1n) is 10.7. The number of hydrogen-bond donors (Lipinski definition) is 2. The smallest absolute Gasteiger partial charge is 0.254 e. The van der Waals surface area contributed by atoms with Gasteiger partial charge in [-0.3, -0.25) is 9.59 Å². The molecular weight excluding hydrogens is 408 g/mol. The van der Waals surface area contributed by atoms with Gasteiger partial charge in [-0.25, -0.2) is 9.97 Å². The summed E-state index contributed by atoms with van der Waals surface area (Å²) in [5, 5.41) is 3.92. The Kier molecular flexibility index (Phi) is 6.36. The molecule has 168 valence electrons. The Morgan fingerprint density at radius 3 is 2.94 bits per heavy atom. The van der Waals surface area contributed by atoms with Crippen molar-refractivity contribution in [3.63, 3.8) is 0 Å². The van der Waals surface area contributed by atoms with E-state index in [9.17, 15) is 9.59 Å². The van der Waals surface area contributed by atoms with E-state index in [0.29, 0.717) is 49.0 Å². The fraction of sp³-hybridized carbons (Fsp3) is 0.391. The Balaban J connectivity index is 1.55. The van der Waals surface area contributed by atoms with Crippen molar-refractivity contribution in [1.82, 2.24) is 25.2 Å². The molecule has 1 aromatic carbocycles. The lowest BCUT2D eigenvalue weighted by Crippen LogP contribution is -2.31. The third kappa shape index (κ3) is 4.43.